The van der Waals surface area contributed by atoms with Gasteiger partial charge in [0.05, 0.1) is 36.3 Å². The van der Waals surface area contributed by atoms with Gasteiger partial charge < -0.3 is 0 Å². The fraction of sp³-hybridized carbons (Fsp3) is 0.143. The molecule has 0 N–H and O–H groups in total. The van der Waals surface area contributed by atoms with Crippen LogP contribution in [0.1, 0.15) is 69.6 Å². The Morgan fingerprint density at radius 2 is 0.426 bits per heavy atom. The van der Waals surface area contributed by atoms with Crippen molar-refractivity contribution in [3.63, 3.8) is 0 Å². The molecule has 9 rings (SSSR count). The van der Waals surface area contributed by atoms with Crippen LogP contribution in [0.5, 0.6) is 0 Å². The number of hydrogen-bond acceptors (Lipinski definition) is 1. The van der Waals surface area contributed by atoms with Crippen molar-refractivity contribution >= 4 is 18.3 Å². The second-order valence-electron chi connectivity index (χ2n) is 12.8. The molecule has 3 fully saturated rings. The quantitative estimate of drug-likeness (QED) is 0.114. The Balaban J connectivity index is 1.25. The van der Waals surface area contributed by atoms with Crippen LogP contribution in [-0.2, 0) is 11.8 Å². The molecule has 5 heteroatoms. The van der Waals surface area contributed by atoms with E-state index in [0.29, 0.717) is 0 Å². The smallest absolute Gasteiger partial charge is 0.149 e. The van der Waals surface area contributed by atoms with Crippen molar-refractivity contribution in [1.29, 1.82) is 0 Å². The van der Waals surface area contributed by atoms with E-state index in [4.69, 9.17) is 11.8 Å². The summed E-state index contributed by atoms with van der Waals surface area (Å²) in [7, 11) is 0. The van der Waals surface area contributed by atoms with Crippen molar-refractivity contribution in [2.24, 2.45) is 0 Å². The van der Waals surface area contributed by atoms with Gasteiger partial charge in [0.25, 0.3) is 0 Å². The van der Waals surface area contributed by atoms with Crippen molar-refractivity contribution < 1.29 is 0 Å². The highest BCUT2D eigenvalue weighted by atomic mass is 32.4. The molecule has 6 aromatic carbocycles. The molecular weight excluding hydrogens is 610 g/mol. The molecule has 3 saturated heterocycles. The molecule has 0 bridgehead atoms. The molecule has 3 aliphatic heterocycles. The van der Waals surface area contributed by atoms with Gasteiger partial charge in [-0.25, -0.2) is 14.0 Å². The monoisotopic (exact) mass is 645 g/mol. The summed E-state index contributed by atoms with van der Waals surface area (Å²) in [4.78, 5) is 0. The molecule has 47 heavy (non-hydrogen) atoms. The maximum absolute atomic E-state index is 7.41. The van der Waals surface area contributed by atoms with E-state index in [1.54, 1.807) is 0 Å². The lowest BCUT2D eigenvalue weighted by atomic mass is 10.0. The van der Waals surface area contributed by atoms with Crippen molar-refractivity contribution in [1.82, 2.24) is 14.0 Å². The lowest BCUT2D eigenvalue weighted by Gasteiger charge is -2.31. The largest absolute Gasteiger partial charge is 0.233 e. The second kappa shape index (κ2) is 11.8. The van der Waals surface area contributed by atoms with Gasteiger partial charge in [0, 0.05) is 0 Å². The third-order valence-corrected chi connectivity index (χ3v) is 15.1. The lowest BCUT2D eigenvalue weighted by Crippen LogP contribution is -2.15. The highest BCUT2D eigenvalue weighted by Gasteiger charge is 2.72. The first-order chi connectivity index (χ1) is 23.3. The van der Waals surface area contributed by atoms with Crippen molar-refractivity contribution in [3.05, 3.63) is 215 Å². The van der Waals surface area contributed by atoms with Crippen LogP contribution in [0, 0.1) is 0 Å². The lowest BCUT2D eigenvalue weighted by molar-refractivity contribution is 0.585. The molecule has 230 valence electrons. The molecule has 0 spiro atoms. The highest BCUT2D eigenvalue weighted by Crippen LogP contribution is 2.88. The average Bonchev–Trinajstić information content (AvgIpc) is 4.07. The van der Waals surface area contributed by atoms with E-state index in [0.717, 1.165) is 0 Å². The topological polar surface area (TPSA) is 9.03 Å². The van der Waals surface area contributed by atoms with E-state index in [9.17, 15) is 0 Å². The minimum atomic E-state index is -2.60. The Labute approximate surface area is 282 Å². The van der Waals surface area contributed by atoms with Gasteiger partial charge in [0.15, 0.2) is 0 Å². The SMILES string of the molecule is S=P(N1C(c2ccccc2)C1c1ccccc1)(N1C(c2ccccc2)C1c1ccccc1)N1C(c2ccccc2)C1c1ccccc1. The summed E-state index contributed by atoms with van der Waals surface area (Å²) in [5.74, 6) is 0. The van der Waals surface area contributed by atoms with Gasteiger partial charge >= 0.3 is 0 Å². The number of benzene rings is 6. The molecule has 0 saturated carbocycles. The molecule has 0 aromatic heterocycles. The zero-order valence-corrected chi connectivity index (χ0v) is 27.7. The zero-order valence-electron chi connectivity index (χ0n) is 26.0. The van der Waals surface area contributed by atoms with Crippen LogP contribution in [-0.4, -0.2) is 14.0 Å². The van der Waals surface area contributed by atoms with E-state index in [-0.39, 0.29) is 36.3 Å². The van der Waals surface area contributed by atoms with Gasteiger partial charge in [0.2, 0.25) is 0 Å². The summed E-state index contributed by atoms with van der Waals surface area (Å²) in [5, 5.41) is 0. The molecule has 6 aromatic rings. The fourth-order valence-corrected chi connectivity index (χ4v) is 13.8. The minimum Gasteiger partial charge on any atom is -0.233 e. The summed E-state index contributed by atoms with van der Waals surface area (Å²) < 4.78 is 8.22. The number of nitrogens with zero attached hydrogens (tertiary/aromatic N) is 3. The predicted octanol–water partition coefficient (Wildman–Crippen LogP) is 10.6. The maximum atomic E-state index is 7.41. The van der Waals surface area contributed by atoms with Crippen LogP contribution in [0.15, 0.2) is 182 Å². The summed E-state index contributed by atoms with van der Waals surface area (Å²) in [5.41, 5.74) is 8.00. The second-order valence-corrected chi connectivity index (χ2v) is 16.7. The van der Waals surface area contributed by atoms with Gasteiger partial charge in [-0.1, -0.05) is 182 Å². The van der Waals surface area contributed by atoms with E-state index >= 15 is 0 Å². The third-order valence-electron chi connectivity index (χ3n) is 10.1. The average molecular weight is 646 g/mol. The molecule has 0 aliphatic carbocycles. The Bertz CT molecular complexity index is 1640. The zero-order chi connectivity index (χ0) is 31.4. The molecule has 6 unspecified atom stereocenters. The van der Waals surface area contributed by atoms with Gasteiger partial charge in [-0.15, -0.1) is 0 Å². The van der Waals surface area contributed by atoms with Gasteiger partial charge in [-0.3, -0.25) is 0 Å². The molecule has 3 aliphatic rings. The molecule has 6 atom stereocenters. The summed E-state index contributed by atoms with van der Waals surface area (Å²) in [6, 6.07) is 67.4. The van der Waals surface area contributed by atoms with Crippen LogP contribution in [0.4, 0.5) is 0 Å². The predicted molar refractivity (Wildman–Crippen MR) is 195 cm³/mol. The van der Waals surface area contributed by atoms with Crippen molar-refractivity contribution in [3.8, 4) is 0 Å². The van der Waals surface area contributed by atoms with Gasteiger partial charge in [-0.05, 0) is 45.2 Å². The Morgan fingerprint density at radius 3 is 0.574 bits per heavy atom. The van der Waals surface area contributed by atoms with E-state index in [1.807, 2.05) is 0 Å². The first-order valence-corrected chi connectivity index (χ1v) is 19.2. The summed E-state index contributed by atoms with van der Waals surface area (Å²) in [6.45, 7) is -2.60. The molecular formula is C42H36N3PS. The Hall–Kier alpha value is -4.15. The Morgan fingerprint density at radius 1 is 0.277 bits per heavy atom. The normalized spacial score (nSPS) is 30.2. The maximum Gasteiger partial charge on any atom is 0.149 e. The van der Waals surface area contributed by atoms with Crippen LogP contribution < -0.4 is 0 Å². The number of hydrogen-bond donors (Lipinski definition) is 0. The van der Waals surface area contributed by atoms with Crippen molar-refractivity contribution in [2.75, 3.05) is 0 Å². The standard InChI is InChI=1S/C42H36N3PS/c47-46(43-37(31-19-7-1-8-20-31)38(43)32-21-9-2-10-22-32,44-39(33-23-11-3-12-24-33)40(44)34-25-13-4-14-26-34)45-41(35-27-15-5-16-28-35)42(45)36-29-17-6-18-30-36/h1-30,37-42H. The fourth-order valence-electron chi connectivity index (χ4n) is 7.90. The van der Waals surface area contributed by atoms with Gasteiger partial charge in [-0.2, -0.15) is 0 Å². The summed E-state index contributed by atoms with van der Waals surface area (Å²) in [6.07, 6.45) is 0. The minimum absolute atomic E-state index is 0.200. The molecule has 3 heterocycles. The van der Waals surface area contributed by atoms with Crippen LogP contribution >= 0.6 is 6.49 Å². The summed E-state index contributed by atoms with van der Waals surface area (Å²) >= 11 is 7.41. The Kier molecular flexibility index (Phi) is 7.30. The van der Waals surface area contributed by atoms with E-state index in [2.05, 4.69) is 196 Å². The number of rotatable bonds is 9. The van der Waals surface area contributed by atoms with Crippen LogP contribution in [0.25, 0.3) is 0 Å². The van der Waals surface area contributed by atoms with E-state index in [1.165, 1.54) is 33.4 Å². The van der Waals surface area contributed by atoms with Gasteiger partial charge in [0.1, 0.15) is 6.49 Å². The highest BCUT2D eigenvalue weighted by molar-refractivity contribution is 8.11. The van der Waals surface area contributed by atoms with E-state index < -0.39 is 6.49 Å². The molecule has 3 nitrogen and oxygen atoms in total. The van der Waals surface area contributed by atoms with Crippen LogP contribution in [0.3, 0.4) is 0 Å². The molecule has 0 radical (unpaired) electrons. The first-order valence-electron chi connectivity index (χ1n) is 16.5. The van der Waals surface area contributed by atoms with Crippen LogP contribution in [0.2, 0.25) is 0 Å². The van der Waals surface area contributed by atoms with Crippen molar-refractivity contribution in [2.45, 2.75) is 36.3 Å². The molecule has 0 amide bonds. The third kappa shape index (κ3) is 4.95. The first kappa shape index (κ1) is 29.0.